The van der Waals surface area contributed by atoms with Crippen LogP contribution in [0.1, 0.15) is 0 Å². The molecule has 0 unspecified atom stereocenters. The molecule has 3 heterocycles. The fourth-order valence-corrected chi connectivity index (χ4v) is 8.62. The highest BCUT2D eigenvalue weighted by molar-refractivity contribution is 6.27. The summed E-state index contributed by atoms with van der Waals surface area (Å²) in [7, 11) is 0. The monoisotopic (exact) mass is 711 g/mol. The highest BCUT2D eigenvalue weighted by atomic mass is 14.8. The van der Waals surface area contributed by atoms with Gasteiger partial charge in [-0.15, -0.1) is 0 Å². The molecule has 0 fully saturated rings. The first-order chi connectivity index (χ1) is 27.8. The Hall–Kier alpha value is -7.49. The molecular formula is C53H33N3. The van der Waals surface area contributed by atoms with Crippen LogP contribution in [0.4, 0.5) is 0 Å². The molecule has 0 aliphatic heterocycles. The zero-order valence-electron chi connectivity index (χ0n) is 30.4. The van der Waals surface area contributed by atoms with E-state index in [-0.39, 0.29) is 0 Å². The second kappa shape index (κ2) is 13.1. The minimum Gasteiger partial charge on any atom is -0.255 e. The molecule has 0 radical (unpaired) electrons. The molecule has 11 rings (SSSR count). The Morgan fingerprint density at radius 1 is 0.232 bits per heavy atom. The maximum Gasteiger partial charge on any atom is 0.0900 e. The van der Waals surface area contributed by atoms with Crippen LogP contribution in [0, 0.1) is 0 Å². The van der Waals surface area contributed by atoms with Crippen molar-refractivity contribution in [2.45, 2.75) is 0 Å². The average molecular weight is 712 g/mol. The Bertz CT molecular complexity index is 3190. The topological polar surface area (TPSA) is 38.7 Å². The van der Waals surface area contributed by atoms with E-state index in [1.807, 2.05) is 48.8 Å². The van der Waals surface area contributed by atoms with E-state index in [9.17, 15) is 0 Å². The third-order valence-electron chi connectivity index (χ3n) is 11.2. The number of hydrogen-bond donors (Lipinski definition) is 0. The van der Waals surface area contributed by atoms with Crippen molar-refractivity contribution in [1.82, 2.24) is 15.0 Å². The molecule has 0 saturated heterocycles. The van der Waals surface area contributed by atoms with Gasteiger partial charge in [-0.25, -0.2) is 4.98 Å². The second-order valence-electron chi connectivity index (χ2n) is 14.3. The molecule has 3 heteroatoms. The van der Waals surface area contributed by atoms with Crippen molar-refractivity contribution in [1.29, 1.82) is 0 Å². The summed E-state index contributed by atoms with van der Waals surface area (Å²) in [4.78, 5) is 14.3. The molecule has 0 aliphatic carbocycles. The van der Waals surface area contributed by atoms with Crippen LogP contribution in [-0.2, 0) is 0 Å². The van der Waals surface area contributed by atoms with E-state index in [4.69, 9.17) is 4.98 Å². The molecule has 3 nitrogen and oxygen atoms in total. The summed E-state index contributed by atoms with van der Waals surface area (Å²) in [5, 5.41) is 12.6. The number of benzene rings is 8. The molecule has 8 aromatic carbocycles. The van der Waals surface area contributed by atoms with E-state index >= 15 is 0 Å². The Morgan fingerprint density at radius 3 is 1.09 bits per heavy atom. The molecule has 11 aromatic rings. The van der Waals surface area contributed by atoms with Gasteiger partial charge in [0, 0.05) is 12.4 Å². The van der Waals surface area contributed by atoms with Gasteiger partial charge in [-0.05, 0) is 130 Å². The summed E-state index contributed by atoms with van der Waals surface area (Å²) in [5.41, 5.74) is 10.3. The molecule has 3 aromatic heterocycles. The van der Waals surface area contributed by atoms with Gasteiger partial charge in [0.1, 0.15) is 0 Å². The highest BCUT2D eigenvalue weighted by Gasteiger charge is 2.19. The lowest BCUT2D eigenvalue weighted by Gasteiger charge is -2.20. The number of pyridine rings is 3. The first-order valence-corrected chi connectivity index (χ1v) is 19.0. The van der Waals surface area contributed by atoms with Crippen LogP contribution in [-0.4, -0.2) is 15.0 Å². The predicted octanol–water partition coefficient (Wildman–Crippen LogP) is 14.0. The Labute approximate surface area is 324 Å². The highest BCUT2D eigenvalue weighted by Crippen LogP contribution is 2.46. The van der Waals surface area contributed by atoms with Crippen LogP contribution in [0.15, 0.2) is 200 Å². The number of fused-ring (bicyclic) bond motifs is 9. The van der Waals surface area contributed by atoms with Gasteiger partial charge in [-0.2, -0.15) is 0 Å². The molecule has 0 bridgehead atoms. The van der Waals surface area contributed by atoms with Crippen molar-refractivity contribution in [3.05, 3.63) is 200 Å². The molecule has 260 valence electrons. The number of aromatic nitrogens is 3. The van der Waals surface area contributed by atoms with Crippen LogP contribution < -0.4 is 0 Å². The van der Waals surface area contributed by atoms with Crippen LogP contribution >= 0.6 is 0 Å². The number of nitrogens with zero attached hydrogens (tertiary/aromatic N) is 3. The quantitative estimate of drug-likeness (QED) is 0.167. The number of rotatable bonds is 5. The molecule has 0 aliphatic rings. The second-order valence-corrected chi connectivity index (χ2v) is 14.3. The maximum absolute atomic E-state index is 5.01. The first kappa shape index (κ1) is 32.0. The maximum atomic E-state index is 5.01. The number of hydrogen-bond acceptors (Lipinski definition) is 3. The van der Waals surface area contributed by atoms with Crippen molar-refractivity contribution in [3.63, 3.8) is 0 Å². The minimum absolute atomic E-state index is 0.812. The molecule has 0 saturated carbocycles. The van der Waals surface area contributed by atoms with Crippen molar-refractivity contribution in [3.8, 4) is 56.2 Å². The van der Waals surface area contributed by atoms with Gasteiger partial charge in [-0.3, -0.25) is 9.97 Å². The van der Waals surface area contributed by atoms with Crippen LogP contribution in [0.5, 0.6) is 0 Å². The standard InChI is InChI=1S/C53H33N3/c1-2-15-40-38(13-1)39-14-3-4-18-43(39)47-31-36(27-28-44(40)47)53-46-20-8-6-17-42(46)41-16-5-7-19-45(41)52(53)35-25-23-34(24-26-35)37-32-50(48-21-9-11-29-54-48)56-51(33-37)49-22-10-12-30-55-49/h1-33H. The zero-order chi connectivity index (χ0) is 37.0. The Kier molecular flexibility index (Phi) is 7.49. The summed E-state index contributed by atoms with van der Waals surface area (Å²) in [6.45, 7) is 0. The average Bonchev–Trinajstić information content (AvgIpc) is 3.29. The normalized spacial score (nSPS) is 11.6. The van der Waals surface area contributed by atoms with E-state index in [1.54, 1.807) is 0 Å². The summed E-state index contributed by atoms with van der Waals surface area (Å²) in [6.07, 6.45) is 3.62. The van der Waals surface area contributed by atoms with Gasteiger partial charge in [0.25, 0.3) is 0 Å². The van der Waals surface area contributed by atoms with Crippen molar-refractivity contribution < 1.29 is 0 Å². The first-order valence-electron chi connectivity index (χ1n) is 19.0. The SMILES string of the molecule is c1ccc(-c2cc(-c3ccc(-c4c(-c5ccc6c7ccccc7c7ccccc7c6c5)c5ccccc5c5ccccc45)cc3)cc(-c3ccccn3)n2)nc1. The van der Waals surface area contributed by atoms with Crippen molar-refractivity contribution in [2.75, 3.05) is 0 Å². The van der Waals surface area contributed by atoms with Gasteiger partial charge in [-0.1, -0.05) is 146 Å². The molecule has 56 heavy (non-hydrogen) atoms. The van der Waals surface area contributed by atoms with Gasteiger partial charge >= 0.3 is 0 Å². The van der Waals surface area contributed by atoms with E-state index in [2.05, 4.69) is 162 Å². The predicted molar refractivity (Wildman–Crippen MR) is 235 cm³/mol. The largest absolute Gasteiger partial charge is 0.255 e. The fourth-order valence-electron chi connectivity index (χ4n) is 8.62. The Balaban J connectivity index is 1.14. The van der Waals surface area contributed by atoms with Crippen LogP contribution in [0.2, 0.25) is 0 Å². The summed E-state index contributed by atoms with van der Waals surface area (Å²) < 4.78 is 0. The zero-order valence-corrected chi connectivity index (χ0v) is 30.4. The third kappa shape index (κ3) is 5.25. The lowest BCUT2D eigenvalue weighted by Crippen LogP contribution is -1.94. The van der Waals surface area contributed by atoms with E-state index < -0.39 is 0 Å². The third-order valence-corrected chi connectivity index (χ3v) is 11.2. The minimum atomic E-state index is 0.812. The van der Waals surface area contributed by atoms with E-state index in [0.717, 1.165) is 39.5 Å². The molecular weight excluding hydrogens is 679 g/mol. The van der Waals surface area contributed by atoms with Crippen LogP contribution in [0.25, 0.3) is 110 Å². The van der Waals surface area contributed by atoms with Crippen molar-refractivity contribution in [2.24, 2.45) is 0 Å². The van der Waals surface area contributed by atoms with Gasteiger partial charge < -0.3 is 0 Å². The molecule has 0 atom stereocenters. The Morgan fingerprint density at radius 2 is 0.607 bits per heavy atom. The van der Waals surface area contributed by atoms with Gasteiger partial charge in [0.05, 0.1) is 22.8 Å². The van der Waals surface area contributed by atoms with Gasteiger partial charge in [0.15, 0.2) is 0 Å². The molecule has 0 N–H and O–H groups in total. The van der Waals surface area contributed by atoms with Crippen molar-refractivity contribution >= 4 is 53.9 Å². The smallest absolute Gasteiger partial charge is 0.0900 e. The lowest BCUT2D eigenvalue weighted by atomic mass is 9.83. The molecule has 0 amide bonds. The van der Waals surface area contributed by atoms with Crippen LogP contribution in [0.3, 0.4) is 0 Å². The fraction of sp³-hybridized carbons (Fsp3) is 0. The summed E-state index contributed by atoms with van der Waals surface area (Å²) in [6, 6.07) is 67.6. The van der Waals surface area contributed by atoms with E-state index in [1.165, 1.54) is 70.6 Å². The van der Waals surface area contributed by atoms with E-state index in [0.29, 0.717) is 0 Å². The van der Waals surface area contributed by atoms with Gasteiger partial charge in [0.2, 0.25) is 0 Å². The molecule has 0 spiro atoms. The summed E-state index contributed by atoms with van der Waals surface area (Å²) in [5.74, 6) is 0. The lowest BCUT2D eigenvalue weighted by molar-refractivity contribution is 1.22. The summed E-state index contributed by atoms with van der Waals surface area (Å²) >= 11 is 0.